The standard InChI is InChI=1S/C28H24N2O6.CH4O4S/c1-16-14-18(27(33)36-30-23(31)12-13-24(30)32)15-17(2)26(16)35-28(34)25-19-8-4-6-10-21(19)29(3)22-11-7-5-9-20(22)25;1-5-6(2,3)4/h4-8,10-11,14-15H,9,12-13H2,1-3H3;1H3,(H,2,3,4). The summed E-state index contributed by atoms with van der Waals surface area (Å²) < 4.78 is 35.6. The molecule has 0 radical (unpaired) electrons. The number of benzene rings is 2. The summed E-state index contributed by atoms with van der Waals surface area (Å²) in [4.78, 5) is 56.8. The van der Waals surface area contributed by atoms with E-state index in [1.807, 2.05) is 49.5 Å². The van der Waals surface area contributed by atoms with Crippen molar-refractivity contribution in [3.63, 3.8) is 0 Å². The first kappa shape index (κ1) is 30.4. The Hall–Kier alpha value is -4.59. The van der Waals surface area contributed by atoms with Crippen LogP contribution in [-0.2, 0) is 33.8 Å². The van der Waals surface area contributed by atoms with E-state index < -0.39 is 34.2 Å². The van der Waals surface area contributed by atoms with Crippen molar-refractivity contribution >= 4 is 45.4 Å². The molecule has 1 aliphatic carbocycles. The zero-order valence-electron chi connectivity index (χ0n) is 23.2. The van der Waals surface area contributed by atoms with Crippen molar-refractivity contribution < 1.29 is 45.9 Å². The smallest absolute Gasteiger partial charge is 0.397 e. The van der Waals surface area contributed by atoms with Gasteiger partial charge in [0, 0.05) is 36.8 Å². The summed E-state index contributed by atoms with van der Waals surface area (Å²) in [6.45, 7) is 3.43. The molecular weight excluding hydrogens is 568 g/mol. The summed E-state index contributed by atoms with van der Waals surface area (Å²) in [5.74, 6) is -2.08. The summed E-state index contributed by atoms with van der Waals surface area (Å²) in [7, 11) is -1.32. The van der Waals surface area contributed by atoms with Crippen LogP contribution >= 0.6 is 0 Å². The van der Waals surface area contributed by atoms with E-state index in [0.29, 0.717) is 33.9 Å². The highest BCUT2D eigenvalue weighted by molar-refractivity contribution is 7.80. The van der Waals surface area contributed by atoms with Gasteiger partial charge in [0.1, 0.15) is 5.75 Å². The number of rotatable bonds is 5. The third-order valence-corrected chi connectivity index (χ3v) is 7.13. The number of esters is 1. The van der Waals surface area contributed by atoms with E-state index in [9.17, 15) is 27.6 Å². The summed E-state index contributed by atoms with van der Waals surface area (Å²) in [6.07, 6.45) is 6.59. The maximum absolute atomic E-state index is 13.6. The summed E-state index contributed by atoms with van der Waals surface area (Å²) in [5.41, 5.74) is 5.27. The topological polar surface area (TPSA) is 157 Å². The Bertz CT molecular complexity index is 1650. The number of hydrogen-bond acceptors (Lipinski definition) is 10. The molecule has 1 fully saturated rings. The first-order valence-corrected chi connectivity index (χ1v) is 14.1. The molecule has 0 spiro atoms. The average Bonchev–Trinajstić information content (AvgIpc) is 3.27. The molecule has 42 heavy (non-hydrogen) atoms. The van der Waals surface area contributed by atoms with Crippen LogP contribution in [0, 0.1) is 13.8 Å². The number of nitrogens with zero attached hydrogens (tertiary/aromatic N) is 2. The van der Waals surface area contributed by atoms with Gasteiger partial charge in [0.05, 0.1) is 18.2 Å². The second kappa shape index (κ2) is 12.1. The van der Waals surface area contributed by atoms with E-state index in [1.165, 1.54) is 12.1 Å². The lowest BCUT2D eigenvalue weighted by Gasteiger charge is -2.34. The van der Waals surface area contributed by atoms with Crippen LogP contribution in [-0.4, -0.2) is 55.9 Å². The second-order valence-corrected chi connectivity index (χ2v) is 10.7. The van der Waals surface area contributed by atoms with Crippen LogP contribution in [0.1, 0.15) is 46.3 Å². The number of fused-ring (bicyclic) bond motifs is 2. The first-order valence-electron chi connectivity index (χ1n) is 12.7. The Balaban J connectivity index is 0.000000612. The van der Waals surface area contributed by atoms with Crippen LogP contribution in [0.5, 0.6) is 5.75 Å². The van der Waals surface area contributed by atoms with Crippen LogP contribution in [0.15, 0.2) is 65.9 Å². The Morgan fingerprint density at radius 1 is 0.976 bits per heavy atom. The summed E-state index contributed by atoms with van der Waals surface area (Å²) >= 11 is 0. The van der Waals surface area contributed by atoms with E-state index in [4.69, 9.17) is 14.1 Å². The average molecular weight is 597 g/mol. The molecule has 2 amide bonds. The molecule has 1 N–H and O–H groups in total. The van der Waals surface area contributed by atoms with Gasteiger partial charge in [0.15, 0.2) is 0 Å². The predicted octanol–water partition coefficient (Wildman–Crippen LogP) is 3.61. The van der Waals surface area contributed by atoms with Crippen LogP contribution in [0.25, 0.3) is 5.57 Å². The summed E-state index contributed by atoms with van der Waals surface area (Å²) in [5, 5.41) is 0.510. The molecule has 2 aliphatic heterocycles. The quantitative estimate of drug-likeness (QED) is 0.233. The zero-order valence-corrected chi connectivity index (χ0v) is 24.1. The zero-order chi connectivity index (χ0) is 30.8. The van der Waals surface area contributed by atoms with Gasteiger partial charge < -0.3 is 14.5 Å². The molecule has 5 rings (SSSR count). The van der Waals surface area contributed by atoms with Gasteiger partial charge in [-0.3, -0.25) is 18.3 Å². The lowest BCUT2D eigenvalue weighted by molar-refractivity contribution is -0.172. The number of anilines is 1. The minimum atomic E-state index is -4.16. The number of ether oxygens (including phenoxy) is 1. The fraction of sp³-hybridized carbons (Fsp3) is 0.241. The Morgan fingerprint density at radius 2 is 1.57 bits per heavy atom. The highest BCUT2D eigenvalue weighted by Crippen LogP contribution is 2.42. The van der Waals surface area contributed by atoms with E-state index in [0.717, 1.165) is 29.6 Å². The van der Waals surface area contributed by atoms with Crippen molar-refractivity contribution in [2.45, 2.75) is 33.1 Å². The van der Waals surface area contributed by atoms with Crippen molar-refractivity contribution in [1.29, 1.82) is 0 Å². The lowest BCUT2D eigenvalue weighted by Crippen LogP contribution is -2.32. The molecule has 2 heterocycles. The van der Waals surface area contributed by atoms with Crippen molar-refractivity contribution in [1.82, 2.24) is 5.06 Å². The third kappa shape index (κ3) is 6.33. The summed E-state index contributed by atoms with van der Waals surface area (Å²) in [6, 6.07) is 10.7. The highest BCUT2D eigenvalue weighted by atomic mass is 32.3. The molecule has 0 aromatic heterocycles. The molecule has 0 bridgehead atoms. The van der Waals surface area contributed by atoms with Crippen molar-refractivity contribution in [3.8, 4) is 5.75 Å². The number of carbonyl (C=O) groups is 4. The van der Waals surface area contributed by atoms with Gasteiger partial charge in [0.2, 0.25) is 0 Å². The normalized spacial score (nSPS) is 15.9. The number of likely N-dealkylation sites (N-methyl/N-ethyl adjacent to an activating group) is 1. The van der Waals surface area contributed by atoms with Gasteiger partial charge in [0.25, 0.3) is 11.8 Å². The SMILES string of the molecule is COS(=O)(=O)O.Cc1cc(C(=O)ON2C(=O)CCC2=O)cc(C)c1OC(=O)C1=C2CC=CC=C2N(C)c2ccccc21. The second-order valence-electron chi connectivity index (χ2n) is 9.50. The molecule has 2 aromatic rings. The molecule has 0 unspecified atom stereocenters. The first-order chi connectivity index (χ1) is 19.8. The van der Waals surface area contributed by atoms with Gasteiger partial charge in [-0.25, -0.2) is 9.59 Å². The van der Waals surface area contributed by atoms with E-state index >= 15 is 0 Å². The molecule has 13 heteroatoms. The molecule has 3 aliphatic rings. The molecule has 0 atom stereocenters. The maximum atomic E-state index is 13.6. The largest absolute Gasteiger partial charge is 0.422 e. The molecule has 0 saturated carbocycles. The third-order valence-electron chi connectivity index (χ3n) is 6.70. The minimum Gasteiger partial charge on any atom is -0.422 e. The Labute approximate surface area is 242 Å². The Morgan fingerprint density at radius 3 is 2.17 bits per heavy atom. The molecule has 2 aromatic carbocycles. The number of amides is 2. The lowest BCUT2D eigenvalue weighted by atomic mass is 9.87. The number of carbonyl (C=O) groups excluding carboxylic acids is 4. The van der Waals surface area contributed by atoms with Gasteiger partial charge >= 0.3 is 22.3 Å². The fourth-order valence-corrected chi connectivity index (χ4v) is 4.76. The molecule has 1 saturated heterocycles. The van der Waals surface area contributed by atoms with E-state index in [-0.39, 0.29) is 18.4 Å². The van der Waals surface area contributed by atoms with E-state index in [1.54, 1.807) is 13.8 Å². The number of para-hydroxylation sites is 1. The number of allylic oxidation sites excluding steroid dienone is 4. The van der Waals surface area contributed by atoms with Crippen molar-refractivity contribution in [2.24, 2.45) is 0 Å². The highest BCUT2D eigenvalue weighted by Gasteiger charge is 2.34. The minimum absolute atomic E-state index is 0.0164. The monoisotopic (exact) mass is 596 g/mol. The van der Waals surface area contributed by atoms with Gasteiger partial charge in [-0.15, -0.1) is 5.06 Å². The number of hydrogen-bond donors (Lipinski definition) is 1. The van der Waals surface area contributed by atoms with Crippen LogP contribution < -0.4 is 9.64 Å². The van der Waals surface area contributed by atoms with Gasteiger partial charge in [-0.05, 0) is 61.2 Å². The number of hydroxylamine groups is 2. The van der Waals surface area contributed by atoms with Crippen molar-refractivity contribution in [2.75, 3.05) is 19.1 Å². The number of aryl methyl sites for hydroxylation is 2. The fourth-order valence-electron chi connectivity index (χ4n) is 4.76. The van der Waals surface area contributed by atoms with Gasteiger partial charge in [-0.2, -0.15) is 8.42 Å². The predicted molar refractivity (Wildman–Crippen MR) is 150 cm³/mol. The van der Waals surface area contributed by atoms with Crippen molar-refractivity contribution in [3.05, 3.63) is 88.2 Å². The number of imide groups is 1. The maximum Gasteiger partial charge on any atom is 0.397 e. The van der Waals surface area contributed by atoms with Crippen LogP contribution in [0.4, 0.5) is 5.69 Å². The molecule has 220 valence electrons. The molecule has 12 nitrogen and oxygen atoms in total. The molecular formula is C29H28N2O10S. The van der Waals surface area contributed by atoms with Crippen LogP contribution in [0.3, 0.4) is 0 Å². The Kier molecular flexibility index (Phi) is 8.75. The van der Waals surface area contributed by atoms with Gasteiger partial charge in [-0.1, -0.05) is 30.4 Å². The van der Waals surface area contributed by atoms with Crippen LogP contribution in [0.2, 0.25) is 0 Å². The van der Waals surface area contributed by atoms with E-state index in [2.05, 4.69) is 9.08 Å².